The van der Waals surface area contributed by atoms with Gasteiger partial charge >= 0.3 is 0 Å². The van der Waals surface area contributed by atoms with Crippen LogP contribution in [-0.2, 0) is 0 Å². The van der Waals surface area contributed by atoms with Crippen LogP contribution in [-0.4, -0.2) is 24.2 Å². The minimum Gasteiger partial charge on any atom is -0.396 e. The van der Waals surface area contributed by atoms with Gasteiger partial charge < -0.3 is 5.73 Å². The fourth-order valence-corrected chi connectivity index (χ4v) is 1.07. The van der Waals surface area contributed by atoms with Gasteiger partial charge in [0.2, 0.25) is 5.96 Å². The first kappa shape index (κ1) is 11.9. The molecule has 0 spiro atoms. The molecule has 0 unspecified atom stereocenters. The van der Waals surface area contributed by atoms with Gasteiger partial charge in [-0.25, -0.2) is 15.8 Å². The number of rotatable bonds is 2. The van der Waals surface area contributed by atoms with Crippen molar-refractivity contribution in [3.8, 4) is 0 Å². The van der Waals surface area contributed by atoms with Gasteiger partial charge in [-0.1, -0.05) is 12.7 Å². The summed E-state index contributed by atoms with van der Waals surface area (Å²) in [6.07, 6.45) is 6.14. The zero-order valence-electron chi connectivity index (χ0n) is 9.04. The highest BCUT2D eigenvalue weighted by Crippen LogP contribution is 2.18. The summed E-state index contributed by atoms with van der Waals surface area (Å²) in [5.74, 6) is 6.17. The SMILES string of the molecule is C=C/C=N\C(=NC)N(N)c1ccncc1N. The van der Waals surface area contributed by atoms with Gasteiger partial charge in [-0.05, 0) is 6.07 Å². The molecule has 84 valence electrons. The van der Waals surface area contributed by atoms with E-state index in [4.69, 9.17) is 11.6 Å². The lowest BCUT2D eigenvalue weighted by molar-refractivity contribution is 1.09. The van der Waals surface area contributed by atoms with E-state index in [1.54, 1.807) is 19.3 Å². The molecule has 0 aliphatic rings. The molecule has 0 saturated heterocycles. The Kier molecular flexibility index (Phi) is 4.16. The highest BCUT2D eigenvalue weighted by Gasteiger charge is 2.10. The molecule has 16 heavy (non-hydrogen) atoms. The fraction of sp³-hybridized carbons (Fsp3) is 0.100. The molecule has 0 fully saturated rings. The number of aromatic nitrogens is 1. The molecule has 0 saturated carbocycles. The summed E-state index contributed by atoms with van der Waals surface area (Å²) >= 11 is 0. The first-order valence-corrected chi connectivity index (χ1v) is 4.57. The van der Waals surface area contributed by atoms with E-state index in [-0.39, 0.29) is 0 Å². The summed E-state index contributed by atoms with van der Waals surface area (Å²) in [6, 6.07) is 1.68. The van der Waals surface area contributed by atoms with Crippen molar-refractivity contribution in [3.63, 3.8) is 0 Å². The van der Waals surface area contributed by atoms with Crippen molar-refractivity contribution in [2.24, 2.45) is 15.8 Å². The van der Waals surface area contributed by atoms with Gasteiger partial charge in [0.25, 0.3) is 0 Å². The molecular weight excluding hydrogens is 204 g/mol. The van der Waals surface area contributed by atoms with Crippen molar-refractivity contribution in [2.45, 2.75) is 0 Å². The third-order valence-corrected chi connectivity index (χ3v) is 1.80. The Bertz CT molecular complexity index is 423. The standard InChI is InChI=1S/C10H14N6/c1-3-5-15-10(13-2)16(12)9-4-6-14-7-8(9)11/h3-7H,1,11-12H2,2H3/b13-10?,15-5-. The van der Waals surface area contributed by atoms with Crippen LogP contribution in [0.15, 0.2) is 41.1 Å². The lowest BCUT2D eigenvalue weighted by Gasteiger charge is -2.18. The average Bonchev–Trinajstić information content (AvgIpc) is 2.30. The van der Waals surface area contributed by atoms with Crippen molar-refractivity contribution >= 4 is 23.5 Å². The number of allylic oxidation sites excluding steroid dienone is 1. The quantitative estimate of drug-likeness (QED) is 0.329. The van der Waals surface area contributed by atoms with Crippen LogP contribution in [0.25, 0.3) is 0 Å². The second kappa shape index (κ2) is 5.62. The van der Waals surface area contributed by atoms with Crippen LogP contribution in [0, 0.1) is 0 Å². The highest BCUT2D eigenvalue weighted by atomic mass is 15.5. The lowest BCUT2D eigenvalue weighted by atomic mass is 10.3. The Morgan fingerprint density at radius 2 is 2.38 bits per heavy atom. The molecule has 1 rings (SSSR count). The minimum absolute atomic E-state index is 0.331. The minimum atomic E-state index is 0.331. The van der Waals surface area contributed by atoms with E-state index >= 15 is 0 Å². The number of hydrogen-bond acceptors (Lipinski definition) is 4. The van der Waals surface area contributed by atoms with E-state index in [1.807, 2.05) is 0 Å². The second-order valence-electron chi connectivity index (χ2n) is 2.84. The molecule has 4 N–H and O–H groups in total. The highest BCUT2D eigenvalue weighted by molar-refractivity contribution is 6.02. The zero-order chi connectivity index (χ0) is 12.0. The molecule has 0 aliphatic carbocycles. The van der Waals surface area contributed by atoms with Crippen LogP contribution in [0.2, 0.25) is 0 Å². The third-order valence-electron chi connectivity index (χ3n) is 1.80. The van der Waals surface area contributed by atoms with E-state index in [2.05, 4.69) is 21.5 Å². The molecule has 0 radical (unpaired) electrons. The number of guanidine groups is 1. The summed E-state index contributed by atoms with van der Waals surface area (Å²) < 4.78 is 0. The molecule has 0 atom stereocenters. The van der Waals surface area contributed by atoms with E-state index in [1.165, 1.54) is 23.5 Å². The summed E-state index contributed by atoms with van der Waals surface area (Å²) in [5.41, 5.74) is 6.78. The fourth-order valence-electron chi connectivity index (χ4n) is 1.07. The van der Waals surface area contributed by atoms with Gasteiger partial charge in [0.1, 0.15) is 0 Å². The largest absolute Gasteiger partial charge is 0.396 e. The lowest BCUT2D eigenvalue weighted by Crippen LogP contribution is -2.37. The zero-order valence-corrected chi connectivity index (χ0v) is 9.04. The molecule has 0 amide bonds. The first-order valence-electron chi connectivity index (χ1n) is 4.57. The smallest absolute Gasteiger partial charge is 0.239 e. The third kappa shape index (κ3) is 2.64. The number of nitrogens with two attached hydrogens (primary N) is 2. The maximum Gasteiger partial charge on any atom is 0.239 e. The maximum atomic E-state index is 5.84. The topological polar surface area (TPSA) is 92.9 Å². The van der Waals surface area contributed by atoms with Crippen molar-refractivity contribution in [2.75, 3.05) is 17.8 Å². The summed E-state index contributed by atoms with van der Waals surface area (Å²) in [5, 5.41) is 1.29. The number of hydrogen-bond donors (Lipinski definition) is 2. The van der Waals surface area contributed by atoms with Crippen LogP contribution in [0.1, 0.15) is 0 Å². The maximum absolute atomic E-state index is 5.84. The van der Waals surface area contributed by atoms with Gasteiger partial charge in [-0.3, -0.25) is 9.98 Å². The van der Waals surface area contributed by atoms with Crippen LogP contribution < -0.4 is 16.6 Å². The molecule has 6 heteroatoms. The van der Waals surface area contributed by atoms with E-state index in [0.29, 0.717) is 17.3 Å². The van der Waals surface area contributed by atoms with E-state index in [0.717, 1.165) is 0 Å². The monoisotopic (exact) mass is 218 g/mol. The summed E-state index contributed by atoms with van der Waals surface area (Å²) in [4.78, 5) is 11.8. The Balaban J connectivity index is 3.01. The Hall–Kier alpha value is -2.21. The second-order valence-corrected chi connectivity index (χ2v) is 2.84. The first-order chi connectivity index (χ1) is 7.70. The van der Waals surface area contributed by atoms with Gasteiger partial charge in [0.15, 0.2) is 0 Å². The van der Waals surface area contributed by atoms with Crippen LogP contribution in [0.5, 0.6) is 0 Å². The normalized spacial score (nSPS) is 11.8. The predicted octanol–water partition coefficient (Wildman–Crippen LogP) is 0.587. The van der Waals surface area contributed by atoms with Gasteiger partial charge in [-0.2, -0.15) is 0 Å². The number of nitrogens with zero attached hydrogens (tertiary/aromatic N) is 4. The molecular formula is C10H14N6. The average molecular weight is 218 g/mol. The molecule has 0 bridgehead atoms. The van der Waals surface area contributed by atoms with Crippen molar-refractivity contribution < 1.29 is 0 Å². The van der Waals surface area contributed by atoms with Crippen LogP contribution in [0.4, 0.5) is 11.4 Å². The number of anilines is 2. The number of aliphatic imine (C=N–C) groups is 2. The van der Waals surface area contributed by atoms with Crippen molar-refractivity contribution in [1.29, 1.82) is 0 Å². The molecule has 0 aromatic carbocycles. The van der Waals surface area contributed by atoms with E-state index < -0.39 is 0 Å². The van der Waals surface area contributed by atoms with Gasteiger partial charge in [0, 0.05) is 19.5 Å². The number of hydrazine groups is 1. The number of pyridine rings is 1. The van der Waals surface area contributed by atoms with Crippen molar-refractivity contribution in [3.05, 3.63) is 31.1 Å². The number of nitrogen functional groups attached to an aromatic ring is 1. The Morgan fingerprint density at radius 3 is 2.94 bits per heavy atom. The Labute approximate surface area is 94.0 Å². The molecule has 6 nitrogen and oxygen atoms in total. The predicted molar refractivity (Wildman–Crippen MR) is 67.4 cm³/mol. The van der Waals surface area contributed by atoms with Crippen LogP contribution >= 0.6 is 0 Å². The molecule has 1 heterocycles. The molecule has 1 aromatic heterocycles. The van der Waals surface area contributed by atoms with E-state index in [9.17, 15) is 0 Å². The van der Waals surface area contributed by atoms with Gasteiger partial charge in [-0.15, -0.1) is 0 Å². The summed E-state index contributed by atoms with van der Waals surface area (Å²) in [6.45, 7) is 3.52. The van der Waals surface area contributed by atoms with Crippen molar-refractivity contribution in [1.82, 2.24) is 4.98 Å². The summed E-state index contributed by atoms with van der Waals surface area (Å²) in [7, 11) is 1.59. The van der Waals surface area contributed by atoms with Crippen LogP contribution in [0.3, 0.4) is 0 Å². The van der Waals surface area contributed by atoms with Gasteiger partial charge in [0.05, 0.1) is 17.6 Å². The Morgan fingerprint density at radius 1 is 1.62 bits per heavy atom. The molecule has 1 aromatic rings. The molecule has 0 aliphatic heterocycles.